The largest absolute Gasteiger partial charge is 0.352 e. The van der Waals surface area contributed by atoms with Crippen LogP contribution in [0.3, 0.4) is 0 Å². The molecule has 1 aromatic carbocycles. The van der Waals surface area contributed by atoms with Gasteiger partial charge in [0.05, 0.1) is 18.8 Å². The minimum Gasteiger partial charge on any atom is -0.352 e. The van der Waals surface area contributed by atoms with Crippen molar-refractivity contribution in [2.24, 2.45) is 0 Å². The SMILES string of the molecule is C#CCNC(=O)CNc1nc(-c2ccccc2)cs1. The fraction of sp³-hybridized carbons (Fsp3) is 0.143. The van der Waals surface area contributed by atoms with Crippen LogP contribution < -0.4 is 10.6 Å². The topological polar surface area (TPSA) is 54.0 Å². The van der Waals surface area contributed by atoms with E-state index in [9.17, 15) is 4.79 Å². The minimum absolute atomic E-state index is 0.144. The van der Waals surface area contributed by atoms with Crippen LogP contribution in [0.1, 0.15) is 0 Å². The molecule has 2 N–H and O–H groups in total. The Hall–Kier alpha value is -2.32. The molecular formula is C14H13N3OS. The van der Waals surface area contributed by atoms with Crippen molar-refractivity contribution >= 4 is 22.4 Å². The lowest BCUT2D eigenvalue weighted by Crippen LogP contribution is -2.29. The summed E-state index contributed by atoms with van der Waals surface area (Å²) in [5, 5.41) is 8.22. The van der Waals surface area contributed by atoms with Crippen LogP contribution in [0.4, 0.5) is 5.13 Å². The van der Waals surface area contributed by atoms with Crippen LogP contribution in [-0.2, 0) is 4.79 Å². The first-order chi connectivity index (χ1) is 9.29. The molecule has 0 fully saturated rings. The molecule has 1 amide bonds. The van der Waals surface area contributed by atoms with Gasteiger partial charge >= 0.3 is 0 Å². The Bertz CT molecular complexity index is 586. The lowest BCUT2D eigenvalue weighted by atomic mass is 10.2. The summed E-state index contributed by atoms with van der Waals surface area (Å²) in [6.45, 7) is 0.414. The van der Waals surface area contributed by atoms with Gasteiger partial charge in [-0.25, -0.2) is 4.98 Å². The molecule has 0 bridgehead atoms. The molecule has 0 saturated heterocycles. The second-order valence-corrected chi connectivity index (χ2v) is 4.60. The molecule has 0 aliphatic carbocycles. The highest BCUT2D eigenvalue weighted by molar-refractivity contribution is 7.14. The van der Waals surface area contributed by atoms with E-state index in [4.69, 9.17) is 6.42 Å². The van der Waals surface area contributed by atoms with Gasteiger partial charge in [-0.15, -0.1) is 17.8 Å². The second-order valence-electron chi connectivity index (χ2n) is 3.74. The van der Waals surface area contributed by atoms with Crippen molar-refractivity contribution in [2.45, 2.75) is 0 Å². The molecular weight excluding hydrogens is 258 g/mol. The fourth-order valence-corrected chi connectivity index (χ4v) is 2.18. The standard InChI is InChI=1S/C14H13N3OS/c1-2-8-15-13(18)9-16-14-17-12(10-19-14)11-6-4-3-5-7-11/h1,3-7,10H,8-9H2,(H,15,18)(H,16,17). The summed E-state index contributed by atoms with van der Waals surface area (Å²) in [5.41, 5.74) is 1.96. The first-order valence-electron chi connectivity index (χ1n) is 5.74. The van der Waals surface area contributed by atoms with Crippen molar-refractivity contribution < 1.29 is 4.79 Å². The van der Waals surface area contributed by atoms with Crippen LogP contribution in [-0.4, -0.2) is 24.0 Å². The van der Waals surface area contributed by atoms with E-state index in [2.05, 4.69) is 21.5 Å². The number of nitrogens with one attached hydrogen (secondary N) is 2. The Morgan fingerprint density at radius 1 is 1.37 bits per heavy atom. The average Bonchev–Trinajstić information content (AvgIpc) is 2.93. The third kappa shape index (κ3) is 3.83. The van der Waals surface area contributed by atoms with Crippen LogP contribution in [0.2, 0.25) is 0 Å². The highest BCUT2D eigenvalue weighted by Crippen LogP contribution is 2.24. The van der Waals surface area contributed by atoms with E-state index in [0.717, 1.165) is 16.4 Å². The van der Waals surface area contributed by atoms with E-state index in [1.165, 1.54) is 11.3 Å². The number of benzene rings is 1. The first kappa shape index (κ1) is 13.1. The van der Waals surface area contributed by atoms with Gasteiger partial charge in [0.1, 0.15) is 0 Å². The minimum atomic E-state index is -0.144. The number of hydrogen-bond acceptors (Lipinski definition) is 4. The van der Waals surface area contributed by atoms with Crippen LogP contribution in [0.5, 0.6) is 0 Å². The molecule has 5 heteroatoms. The van der Waals surface area contributed by atoms with Crippen molar-refractivity contribution in [3.05, 3.63) is 35.7 Å². The molecule has 0 aliphatic rings. The van der Waals surface area contributed by atoms with Crippen LogP contribution in [0.25, 0.3) is 11.3 Å². The molecule has 4 nitrogen and oxygen atoms in total. The van der Waals surface area contributed by atoms with E-state index < -0.39 is 0 Å². The fourth-order valence-electron chi connectivity index (χ4n) is 1.46. The average molecular weight is 271 g/mol. The van der Waals surface area contributed by atoms with Crippen molar-refractivity contribution in [2.75, 3.05) is 18.4 Å². The maximum Gasteiger partial charge on any atom is 0.240 e. The lowest BCUT2D eigenvalue weighted by molar-refractivity contribution is -0.119. The zero-order valence-electron chi connectivity index (χ0n) is 10.2. The van der Waals surface area contributed by atoms with Gasteiger partial charge in [0, 0.05) is 10.9 Å². The van der Waals surface area contributed by atoms with Gasteiger partial charge in [-0.2, -0.15) is 0 Å². The van der Waals surface area contributed by atoms with E-state index in [1.807, 2.05) is 35.7 Å². The normalized spacial score (nSPS) is 9.63. The summed E-state index contributed by atoms with van der Waals surface area (Å²) in [5.74, 6) is 2.21. The second kappa shape index (κ2) is 6.57. The number of carbonyl (C=O) groups is 1. The van der Waals surface area contributed by atoms with Crippen molar-refractivity contribution in [3.8, 4) is 23.6 Å². The Labute approximate surface area is 115 Å². The lowest BCUT2D eigenvalue weighted by Gasteiger charge is -2.02. The van der Waals surface area contributed by atoms with Crippen molar-refractivity contribution in [1.29, 1.82) is 0 Å². The number of rotatable bonds is 5. The molecule has 0 radical (unpaired) electrons. The summed E-state index contributed by atoms with van der Waals surface area (Å²) in [6.07, 6.45) is 5.06. The first-order valence-corrected chi connectivity index (χ1v) is 6.62. The Balaban J connectivity index is 1.92. The van der Waals surface area contributed by atoms with Gasteiger partial charge in [0.25, 0.3) is 0 Å². The monoisotopic (exact) mass is 271 g/mol. The predicted octanol–water partition coefficient (Wildman–Crippen LogP) is 1.97. The number of aromatic nitrogens is 1. The van der Waals surface area contributed by atoms with Gasteiger partial charge in [0.2, 0.25) is 5.91 Å². The molecule has 1 heterocycles. The number of nitrogens with zero attached hydrogens (tertiary/aromatic N) is 1. The van der Waals surface area contributed by atoms with E-state index >= 15 is 0 Å². The highest BCUT2D eigenvalue weighted by atomic mass is 32.1. The van der Waals surface area contributed by atoms with Crippen molar-refractivity contribution in [1.82, 2.24) is 10.3 Å². The number of thiazole rings is 1. The molecule has 1 aromatic heterocycles. The quantitative estimate of drug-likeness (QED) is 0.818. The van der Waals surface area contributed by atoms with Crippen LogP contribution >= 0.6 is 11.3 Å². The van der Waals surface area contributed by atoms with Crippen molar-refractivity contribution in [3.63, 3.8) is 0 Å². The molecule has 19 heavy (non-hydrogen) atoms. The number of carbonyl (C=O) groups excluding carboxylic acids is 1. The summed E-state index contributed by atoms with van der Waals surface area (Å²) in [4.78, 5) is 15.8. The predicted molar refractivity (Wildman–Crippen MR) is 77.9 cm³/mol. The Morgan fingerprint density at radius 2 is 2.16 bits per heavy atom. The van der Waals surface area contributed by atoms with Crippen LogP contribution in [0, 0.1) is 12.3 Å². The maximum absolute atomic E-state index is 11.4. The van der Waals surface area contributed by atoms with Gasteiger partial charge in [-0.05, 0) is 0 Å². The van der Waals surface area contributed by atoms with Gasteiger partial charge in [-0.3, -0.25) is 4.79 Å². The third-order valence-corrected chi connectivity index (χ3v) is 3.16. The molecule has 0 unspecified atom stereocenters. The zero-order chi connectivity index (χ0) is 13.5. The Kier molecular flexibility index (Phi) is 4.54. The number of anilines is 1. The van der Waals surface area contributed by atoms with Gasteiger partial charge in [0.15, 0.2) is 5.13 Å². The number of hydrogen-bond donors (Lipinski definition) is 2. The molecule has 96 valence electrons. The van der Waals surface area contributed by atoms with E-state index in [-0.39, 0.29) is 19.0 Å². The Morgan fingerprint density at radius 3 is 2.89 bits per heavy atom. The number of amides is 1. The third-order valence-electron chi connectivity index (χ3n) is 2.36. The smallest absolute Gasteiger partial charge is 0.240 e. The highest BCUT2D eigenvalue weighted by Gasteiger charge is 2.05. The van der Waals surface area contributed by atoms with E-state index in [0.29, 0.717) is 0 Å². The zero-order valence-corrected chi connectivity index (χ0v) is 11.0. The molecule has 0 saturated carbocycles. The summed E-state index contributed by atoms with van der Waals surface area (Å²) >= 11 is 1.47. The summed E-state index contributed by atoms with van der Waals surface area (Å²) in [7, 11) is 0. The molecule has 0 atom stereocenters. The molecule has 0 aliphatic heterocycles. The van der Waals surface area contributed by atoms with E-state index in [1.54, 1.807) is 0 Å². The van der Waals surface area contributed by atoms with Crippen LogP contribution in [0.15, 0.2) is 35.7 Å². The van der Waals surface area contributed by atoms with Gasteiger partial charge in [-0.1, -0.05) is 36.3 Å². The van der Waals surface area contributed by atoms with Gasteiger partial charge < -0.3 is 10.6 Å². The number of terminal acetylenes is 1. The summed E-state index contributed by atoms with van der Waals surface area (Å²) < 4.78 is 0. The molecule has 2 rings (SSSR count). The summed E-state index contributed by atoms with van der Waals surface area (Å²) in [6, 6.07) is 9.89. The molecule has 2 aromatic rings. The molecule has 0 spiro atoms. The maximum atomic E-state index is 11.4.